The number of benzene rings is 1. The highest BCUT2D eigenvalue weighted by Gasteiger charge is 1.98. The van der Waals surface area contributed by atoms with Gasteiger partial charge in [0.05, 0.1) is 13.3 Å². The molecule has 17 heavy (non-hydrogen) atoms. The minimum absolute atomic E-state index is 0.585. The van der Waals surface area contributed by atoms with Crippen molar-refractivity contribution in [2.24, 2.45) is 4.99 Å². The van der Waals surface area contributed by atoms with E-state index in [-0.39, 0.29) is 0 Å². The summed E-state index contributed by atoms with van der Waals surface area (Å²) in [6.07, 6.45) is 5.14. The van der Waals surface area contributed by atoms with Gasteiger partial charge in [-0.15, -0.1) is 0 Å². The number of para-hydroxylation sites is 2. The van der Waals surface area contributed by atoms with E-state index in [1.807, 2.05) is 31.2 Å². The van der Waals surface area contributed by atoms with Crippen LogP contribution in [-0.4, -0.2) is 23.3 Å². The molecule has 2 rings (SSSR count). The van der Waals surface area contributed by atoms with Gasteiger partial charge in [-0.2, -0.15) is 0 Å². The molecule has 0 spiro atoms. The van der Waals surface area contributed by atoms with Crippen molar-refractivity contribution >= 4 is 11.9 Å². The molecule has 1 heterocycles. The number of nitrogens with zero attached hydrogens (tertiary/aromatic N) is 3. The molecule has 1 aromatic heterocycles. The zero-order valence-electron chi connectivity index (χ0n) is 9.79. The molecule has 2 aromatic rings. The first-order valence-electron chi connectivity index (χ1n) is 5.25. The zero-order chi connectivity index (χ0) is 12.1. The highest BCUT2D eigenvalue weighted by atomic mass is 16.5. The largest absolute Gasteiger partial charge is 0.494 e. The van der Waals surface area contributed by atoms with Crippen molar-refractivity contribution in [1.82, 2.24) is 9.97 Å². The Bertz CT molecular complexity index is 520. The Hall–Kier alpha value is -2.23. The van der Waals surface area contributed by atoms with Gasteiger partial charge in [-0.1, -0.05) is 12.1 Å². The van der Waals surface area contributed by atoms with Crippen molar-refractivity contribution in [3.8, 4) is 5.75 Å². The minimum atomic E-state index is 0.585. The molecule has 0 amide bonds. The highest BCUT2D eigenvalue weighted by molar-refractivity contribution is 5.78. The Labute approximate surface area is 100 Å². The fourth-order valence-corrected chi connectivity index (χ4v) is 1.33. The van der Waals surface area contributed by atoms with E-state index in [9.17, 15) is 0 Å². The van der Waals surface area contributed by atoms with Gasteiger partial charge in [-0.05, 0) is 24.6 Å². The summed E-state index contributed by atoms with van der Waals surface area (Å²) in [6.45, 7) is 1.95. The lowest BCUT2D eigenvalue weighted by molar-refractivity contribution is 0.416. The van der Waals surface area contributed by atoms with E-state index in [2.05, 4.69) is 15.0 Å². The number of ether oxygens (including phenoxy) is 1. The summed E-state index contributed by atoms with van der Waals surface area (Å²) in [7, 11) is 1.62. The van der Waals surface area contributed by atoms with Crippen molar-refractivity contribution in [2.75, 3.05) is 7.11 Å². The maximum Gasteiger partial charge on any atom is 0.170 e. The maximum atomic E-state index is 5.20. The van der Waals surface area contributed by atoms with Crippen LogP contribution in [0.1, 0.15) is 11.4 Å². The predicted molar refractivity (Wildman–Crippen MR) is 67.0 cm³/mol. The van der Waals surface area contributed by atoms with Crippen molar-refractivity contribution in [3.63, 3.8) is 0 Å². The third-order valence-electron chi connectivity index (χ3n) is 2.21. The SMILES string of the molecule is COc1ccccc1/N=C/c1ncc(C)cn1. The fourth-order valence-electron chi connectivity index (χ4n) is 1.33. The molecule has 0 aliphatic heterocycles. The summed E-state index contributed by atoms with van der Waals surface area (Å²) in [6, 6.07) is 7.55. The molecule has 4 heteroatoms. The Kier molecular flexibility index (Phi) is 3.45. The highest BCUT2D eigenvalue weighted by Crippen LogP contribution is 2.25. The van der Waals surface area contributed by atoms with E-state index in [0.29, 0.717) is 5.82 Å². The molecule has 0 N–H and O–H groups in total. The molecular weight excluding hydrogens is 214 g/mol. The third kappa shape index (κ3) is 2.87. The van der Waals surface area contributed by atoms with Gasteiger partial charge in [-0.25, -0.2) is 15.0 Å². The number of aromatic nitrogens is 2. The van der Waals surface area contributed by atoms with Crippen molar-refractivity contribution < 1.29 is 4.74 Å². The molecule has 0 atom stereocenters. The average molecular weight is 227 g/mol. The van der Waals surface area contributed by atoms with Gasteiger partial charge in [0, 0.05) is 12.4 Å². The zero-order valence-corrected chi connectivity index (χ0v) is 9.79. The van der Waals surface area contributed by atoms with Crippen LogP contribution in [0.3, 0.4) is 0 Å². The molecule has 4 nitrogen and oxygen atoms in total. The molecule has 0 bridgehead atoms. The number of rotatable bonds is 3. The van der Waals surface area contributed by atoms with Gasteiger partial charge >= 0.3 is 0 Å². The van der Waals surface area contributed by atoms with E-state index in [4.69, 9.17) is 4.74 Å². The van der Waals surface area contributed by atoms with Crippen LogP contribution in [0.25, 0.3) is 0 Å². The number of hydrogen-bond acceptors (Lipinski definition) is 4. The van der Waals surface area contributed by atoms with E-state index in [1.54, 1.807) is 25.7 Å². The first kappa shape index (κ1) is 11.3. The van der Waals surface area contributed by atoms with Crippen molar-refractivity contribution in [3.05, 3.63) is 48.0 Å². The van der Waals surface area contributed by atoms with Crippen LogP contribution in [0.4, 0.5) is 5.69 Å². The molecule has 0 radical (unpaired) electrons. The maximum absolute atomic E-state index is 5.20. The number of methoxy groups -OCH3 is 1. The summed E-state index contributed by atoms with van der Waals surface area (Å²) >= 11 is 0. The quantitative estimate of drug-likeness (QED) is 0.757. The van der Waals surface area contributed by atoms with Crippen LogP contribution in [0.2, 0.25) is 0 Å². The smallest absolute Gasteiger partial charge is 0.170 e. The molecule has 0 saturated carbocycles. The number of aryl methyl sites for hydroxylation is 1. The van der Waals surface area contributed by atoms with Gasteiger partial charge < -0.3 is 4.74 Å². The van der Waals surface area contributed by atoms with Crippen LogP contribution in [0.15, 0.2) is 41.7 Å². The fraction of sp³-hybridized carbons (Fsp3) is 0.154. The van der Waals surface area contributed by atoms with Crippen LogP contribution < -0.4 is 4.74 Å². The second kappa shape index (κ2) is 5.21. The van der Waals surface area contributed by atoms with E-state index in [1.165, 1.54) is 0 Å². The average Bonchev–Trinajstić information content (AvgIpc) is 2.38. The molecule has 0 saturated heterocycles. The van der Waals surface area contributed by atoms with Crippen molar-refractivity contribution in [1.29, 1.82) is 0 Å². The molecule has 1 aromatic carbocycles. The normalized spacial score (nSPS) is 10.7. The summed E-state index contributed by atoms with van der Waals surface area (Å²) in [5.74, 6) is 1.32. The van der Waals surface area contributed by atoms with Crippen LogP contribution in [0.5, 0.6) is 5.75 Å². The topological polar surface area (TPSA) is 47.4 Å². The first-order valence-corrected chi connectivity index (χ1v) is 5.25. The molecular formula is C13H13N3O. The Balaban J connectivity index is 2.22. The van der Waals surface area contributed by atoms with Gasteiger partial charge in [0.15, 0.2) is 5.82 Å². The van der Waals surface area contributed by atoms with Gasteiger partial charge in [0.1, 0.15) is 11.4 Å². The van der Waals surface area contributed by atoms with Crippen LogP contribution >= 0.6 is 0 Å². The Morgan fingerprint density at radius 2 is 1.88 bits per heavy atom. The molecule has 0 aliphatic rings. The minimum Gasteiger partial charge on any atom is -0.494 e. The van der Waals surface area contributed by atoms with E-state index in [0.717, 1.165) is 17.0 Å². The monoisotopic (exact) mass is 227 g/mol. The summed E-state index contributed by atoms with van der Waals surface area (Å²) in [5, 5.41) is 0. The summed E-state index contributed by atoms with van der Waals surface area (Å²) < 4.78 is 5.20. The standard InChI is InChI=1S/C13H13N3O/c1-10-7-15-13(16-8-10)9-14-11-5-3-4-6-12(11)17-2/h3-9H,1-2H3/b14-9+. The summed E-state index contributed by atoms with van der Waals surface area (Å²) in [4.78, 5) is 12.6. The lowest BCUT2D eigenvalue weighted by Crippen LogP contribution is -1.92. The Morgan fingerprint density at radius 3 is 2.59 bits per heavy atom. The first-order chi connectivity index (χ1) is 8.29. The lowest BCUT2D eigenvalue weighted by atomic mass is 10.3. The van der Waals surface area contributed by atoms with Crippen molar-refractivity contribution in [2.45, 2.75) is 6.92 Å². The van der Waals surface area contributed by atoms with E-state index < -0.39 is 0 Å². The predicted octanol–water partition coefficient (Wildman–Crippen LogP) is 2.54. The van der Waals surface area contributed by atoms with E-state index >= 15 is 0 Å². The molecule has 86 valence electrons. The lowest BCUT2D eigenvalue weighted by Gasteiger charge is -2.02. The molecule has 0 unspecified atom stereocenters. The number of aliphatic imine (C=N–C) groups is 1. The summed E-state index contributed by atoms with van der Waals surface area (Å²) in [5.41, 5.74) is 1.79. The Morgan fingerprint density at radius 1 is 1.18 bits per heavy atom. The molecule has 0 aliphatic carbocycles. The second-order valence-electron chi connectivity index (χ2n) is 3.55. The van der Waals surface area contributed by atoms with Crippen LogP contribution in [0, 0.1) is 6.92 Å². The number of hydrogen-bond donors (Lipinski definition) is 0. The van der Waals surface area contributed by atoms with Gasteiger partial charge in [0.2, 0.25) is 0 Å². The second-order valence-corrected chi connectivity index (χ2v) is 3.55. The molecule has 0 fully saturated rings. The third-order valence-corrected chi connectivity index (χ3v) is 2.21. The van der Waals surface area contributed by atoms with Gasteiger partial charge in [0.25, 0.3) is 0 Å². The van der Waals surface area contributed by atoms with Crippen LogP contribution in [-0.2, 0) is 0 Å². The van der Waals surface area contributed by atoms with Gasteiger partial charge in [-0.3, -0.25) is 0 Å².